The van der Waals surface area contributed by atoms with Crippen molar-refractivity contribution >= 4 is 11.9 Å². The first-order valence-corrected chi connectivity index (χ1v) is 8.69. The maximum absolute atomic E-state index is 10.8. The topological polar surface area (TPSA) is 127 Å². The third-order valence-corrected chi connectivity index (χ3v) is 3.78. The summed E-state index contributed by atoms with van der Waals surface area (Å²) in [6.07, 6.45) is 3.21. The van der Waals surface area contributed by atoms with Crippen molar-refractivity contribution in [1.82, 2.24) is 0 Å². The van der Waals surface area contributed by atoms with Gasteiger partial charge in [0.1, 0.15) is 6.04 Å². The van der Waals surface area contributed by atoms with Gasteiger partial charge in [-0.3, -0.25) is 9.59 Å². The molecule has 0 aromatic heterocycles. The maximum atomic E-state index is 10.8. The number of carboxylic acid groups (broad SMARTS) is 2. The molecule has 0 radical (unpaired) electrons. The molecule has 1 rings (SSSR count). The van der Waals surface area contributed by atoms with Crippen LogP contribution < -0.4 is 11.5 Å². The van der Waals surface area contributed by atoms with E-state index in [1.54, 1.807) is 6.92 Å². The Morgan fingerprint density at radius 1 is 1.00 bits per heavy atom. The molecule has 1 aromatic rings. The standard InChI is InChI=1S/C13H18O2.C6H14N2O2/c1-9(2)8-11-4-6-12(7-5-11)10(3)13(14)15;7-4-2-1-3-5(8)6(9)10/h4-7,9-10H,8H2,1-3H3,(H,14,15);5H,1-4,7-8H2,(H,9,10)/t;5-/m.1/s1. The summed E-state index contributed by atoms with van der Waals surface area (Å²) in [5.74, 6) is -1.49. The van der Waals surface area contributed by atoms with Gasteiger partial charge >= 0.3 is 11.9 Å². The molecule has 0 saturated carbocycles. The van der Waals surface area contributed by atoms with Crippen LogP contribution in [0.25, 0.3) is 0 Å². The molecule has 0 aliphatic rings. The zero-order valence-electron chi connectivity index (χ0n) is 15.4. The lowest BCUT2D eigenvalue weighted by atomic mass is 9.97. The summed E-state index contributed by atoms with van der Waals surface area (Å²) in [4.78, 5) is 20.9. The molecule has 0 aliphatic carbocycles. The molecule has 2 atom stereocenters. The third-order valence-electron chi connectivity index (χ3n) is 3.78. The summed E-state index contributed by atoms with van der Waals surface area (Å²) in [6, 6.07) is 7.16. The molecule has 0 bridgehead atoms. The molecule has 0 aliphatic heterocycles. The first-order chi connectivity index (χ1) is 11.7. The Hall–Kier alpha value is -1.92. The van der Waals surface area contributed by atoms with Gasteiger partial charge in [0.2, 0.25) is 0 Å². The SMILES string of the molecule is CC(C)Cc1ccc(C(C)C(=O)O)cc1.NCCCC[C@@H](N)C(=O)O. The minimum atomic E-state index is -0.933. The van der Waals surface area contributed by atoms with E-state index < -0.39 is 23.9 Å². The van der Waals surface area contributed by atoms with Crippen molar-refractivity contribution in [2.75, 3.05) is 6.54 Å². The van der Waals surface area contributed by atoms with Gasteiger partial charge in [-0.15, -0.1) is 0 Å². The Labute approximate surface area is 150 Å². The second-order valence-electron chi connectivity index (χ2n) is 6.63. The number of aliphatic carboxylic acids is 2. The second kappa shape index (κ2) is 12.4. The van der Waals surface area contributed by atoms with Crippen LogP contribution in [0.5, 0.6) is 0 Å². The van der Waals surface area contributed by atoms with Crippen molar-refractivity contribution in [2.45, 2.75) is 58.4 Å². The van der Waals surface area contributed by atoms with Crippen LogP contribution in [0, 0.1) is 5.92 Å². The largest absolute Gasteiger partial charge is 0.481 e. The number of rotatable bonds is 9. The molecule has 6 nitrogen and oxygen atoms in total. The fraction of sp³-hybridized carbons (Fsp3) is 0.579. The molecule has 0 amide bonds. The van der Waals surface area contributed by atoms with Gasteiger partial charge in [-0.1, -0.05) is 44.5 Å². The fourth-order valence-corrected chi connectivity index (χ4v) is 2.19. The minimum absolute atomic E-state index is 0.418. The van der Waals surface area contributed by atoms with Crippen LogP contribution in [-0.4, -0.2) is 34.7 Å². The average molecular weight is 352 g/mol. The number of nitrogens with two attached hydrogens (primary N) is 2. The summed E-state index contributed by atoms with van der Waals surface area (Å²) in [7, 11) is 0. The predicted octanol–water partition coefficient (Wildman–Crippen LogP) is 2.60. The van der Waals surface area contributed by atoms with Crippen LogP contribution in [0.4, 0.5) is 0 Å². The minimum Gasteiger partial charge on any atom is -0.481 e. The highest BCUT2D eigenvalue weighted by molar-refractivity contribution is 5.75. The highest BCUT2D eigenvalue weighted by Crippen LogP contribution is 2.17. The number of hydrogen-bond donors (Lipinski definition) is 4. The van der Waals surface area contributed by atoms with Crippen LogP contribution in [0.2, 0.25) is 0 Å². The molecular formula is C19H32N2O4. The van der Waals surface area contributed by atoms with Crippen molar-refractivity contribution in [3.63, 3.8) is 0 Å². The van der Waals surface area contributed by atoms with Crippen LogP contribution in [-0.2, 0) is 16.0 Å². The average Bonchev–Trinajstić information content (AvgIpc) is 2.55. The molecule has 142 valence electrons. The van der Waals surface area contributed by atoms with Gasteiger partial charge in [0.25, 0.3) is 0 Å². The summed E-state index contributed by atoms with van der Waals surface area (Å²) in [5, 5.41) is 17.2. The Morgan fingerprint density at radius 3 is 1.96 bits per heavy atom. The zero-order valence-corrected chi connectivity index (χ0v) is 15.4. The molecule has 1 unspecified atom stereocenters. The lowest BCUT2D eigenvalue weighted by molar-refractivity contribution is -0.139. The molecule has 25 heavy (non-hydrogen) atoms. The summed E-state index contributed by atoms with van der Waals surface area (Å²) >= 11 is 0. The summed E-state index contributed by atoms with van der Waals surface area (Å²) in [6.45, 7) is 6.66. The van der Waals surface area contributed by atoms with Crippen LogP contribution in [0.1, 0.15) is 57.1 Å². The molecule has 0 spiro atoms. The van der Waals surface area contributed by atoms with E-state index in [0.717, 1.165) is 24.8 Å². The Bertz CT molecular complexity index is 515. The molecule has 0 heterocycles. The highest BCUT2D eigenvalue weighted by atomic mass is 16.4. The van der Waals surface area contributed by atoms with E-state index in [9.17, 15) is 9.59 Å². The van der Waals surface area contributed by atoms with E-state index in [-0.39, 0.29) is 0 Å². The molecule has 1 aromatic carbocycles. The second-order valence-corrected chi connectivity index (χ2v) is 6.63. The number of benzene rings is 1. The van der Waals surface area contributed by atoms with E-state index in [1.165, 1.54) is 5.56 Å². The number of unbranched alkanes of at least 4 members (excludes halogenated alkanes) is 1. The van der Waals surface area contributed by atoms with E-state index in [1.807, 2.05) is 24.3 Å². The lowest BCUT2D eigenvalue weighted by Crippen LogP contribution is -2.29. The van der Waals surface area contributed by atoms with E-state index in [4.69, 9.17) is 21.7 Å². The van der Waals surface area contributed by atoms with Crippen molar-refractivity contribution in [3.05, 3.63) is 35.4 Å². The highest BCUT2D eigenvalue weighted by Gasteiger charge is 2.13. The Morgan fingerprint density at radius 2 is 1.56 bits per heavy atom. The van der Waals surface area contributed by atoms with Gasteiger partial charge < -0.3 is 21.7 Å². The smallest absolute Gasteiger partial charge is 0.320 e. The molecule has 0 fully saturated rings. The van der Waals surface area contributed by atoms with Crippen molar-refractivity contribution < 1.29 is 19.8 Å². The van der Waals surface area contributed by atoms with Gasteiger partial charge in [0.05, 0.1) is 5.92 Å². The molecular weight excluding hydrogens is 320 g/mol. The van der Waals surface area contributed by atoms with E-state index >= 15 is 0 Å². The number of hydrogen-bond acceptors (Lipinski definition) is 4. The maximum Gasteiger partial charge on any atom is 0.320 e. The molecule has 6 N–H and O–H groups in total. The third kappa shape index (κ3) is 10.5. The van der Waals surface area contributed by atoms with Crippen LogP contribution >= 0.6 is 0 Å². The fourth-order valence-electron chi connectivity index (χ4n) is 2.19. The van der Waals surface area contributed by atoms with Crippen LogP contribution in [0.15, 0.2) is 24.3 Å². The number of carboxylic acids is 2. The quantitative estimate of drug-likeness (QED) is 0.506. The normalized spacial score (nSPS) is 12.9. The van der Waals surface area contributed by atoms with E-state index in [2.05, 4.69) is 13.8 Å². The Balaban J connectivity index is 0.000000504. The summed E-state index contributed by atoms with van der Waals surface area (Å²) < 4.78 is 0. The van der Waals surface area contributed by atoms with Gasteiger partial charge in [-0.2, -0.15) is 0 Å². The molecule has 0 saturated heterocycles. The first-order valence-electron chi connectivity index (χ1n) is 8.69. The lowest BCUT2D eigenvalue weighted by Gasteiger charge is -2.09. The van der Waals surface area contributed by atoms with Crippen LogP contribution in [0.3, 0.4) is 0 Å². The predicted molar refractivity (Wildman–Crippen MR) is 99.6 cm³/mol. The van der Waals surface area contributed by atoms with Gasteiger partial charge in [0.15, 0.2) is 0 Å². The van der Waals surface area contributed by atoms with Crippen molar-refractivity contribution in [3.8, 4) is 0 Å². The van der Waals surface area contributed by atoms with Gasteiger partial charge in [-0.25, -0.2) is 0 Å². The molecule has 6 heteroatoms. The zero-order chi connectivity index (χ0) is 19.4. The van der Waals surface area contributed by atoms with Crippen molar-refractivity contribution in [1.29, 1.82) is 0 Å². The summed E-state index contributed by atoms with van der Waals surface area (Å²) in [5.41, 5.74) is 12.6. The monoisotopic (exact) mass is 352 g/mol. The Kier molecular flexibility index (Phi) is 11.5. The van der Waals surface area contributed by atoms with Gasteiger partial charge in [0, 0.05) is 0 Å². The first kappa shape index (κ1) is 23.1. The van der Waals surface area contributed by atoms with E-state index in [0.29, 0.717) is 18.9 Å². The van der Waals surface area contributed by atoms with Gasteiger partial charge in [-0.05, 0) is 49.8 Å². The number of carbonyl (C=O) groups is 2. The van der Waals surface area contributed by atoms with Crippen molar-refractivity contribution in [2.24, 2.45) is 17.4 Å².